The van der Waals surface area contributed by atoms with E-state index in [0.29, 0.717) is 5.69 Å². The maximum Gasteiger partial charge on any atom is 0.326 e. The molecule has 1 aliphatic rings. The SMILES string of the molecule is CC(=O)N[C@H](CC(=O)Nc1cccc2c1-c1ccccc1C2)C(=O)O. The number of aliphatic carboxylic acids is 1. The Bertz CT molecular complexity index is 860. The summed E-state index contributed by atoms with van der Waals surface area (Å²) >= 11 is 0. The number of hydrogen-bond donors (Lipinski definition) is 3. The Morgan fingerprint density at radius 2 is 1.80 bits per heavy atom. The maximum absolute atomic E-state index is 12.3. The van der Waals surface area contributed by atoms with Crippen molar-refractivity contribution >= 4 is 23.5 Å². The predicted molar refractivity (Wildman–Crippen MR) is 93.2 cm³/mol. The van der Waals surface area contributed by atoms with Crippen LogP contribution in [0, 0.1) is 0 Å². The average Bonchev–Trinajstić information content (AvgIpc) is 2.93. The van der Waals surface area contributed by atoms with Gasteiger partial charge in [0.2, 0.25) is 11.8 Å². The first-order valence-electron chi connectivity index (χ1n) is 7.95. The van der Waals surface area contributed by atoms with Crippen molar-refractivity contribution in [3.63, 3.8) is 0 Å². The van der Waals surface area contributed by atoms with Gasteiger partial charge in [-0.2, -0.15) is 0 Å². The van der Waals surface area contributed by atoms with Crippen molar-refractivity contribution in [1.29, 1.82) is 0 Å². The van der Waals surface area contributed by atoms with E-state index in [1.54, 1.807) is 6.07 Å². The van der Waals surface area contributed by atoms with Crippen LogP contribution >= 0.6 is 0 Å². The smallest absolute Gasteiger partial charge is 0.326 e. The summed E-state index contributed by atoms with van der Waals surface area (Å²) in [6, 6.07) is 12.4. The first-order valence-corrected chi connectivity index (χ1v) is 7.95. The number of carbonyl (C=O) groups is 3. The zero-order valence-corrected chi connectivity index (χ0v) is 13.7. The number of fused-ring (bicyclic) bond motifs is 3. The lowest BCUT2D eigenvalue weighted by Crippen LogP contribution is -2.42. The third kappa shape index (κ3) is 3.52. The van der Waals surface area contributed by atoms with Crippen LogP contribution in [0.3, 0.4) is 0 Å². The molecule has 6 nitrogen and oxygen atoms in total. The molecule has 25 heavy (non-hydrogen) atoms. The maximum atomic E-state index is 12.3. The standard InChI is InChI=1S/C19H18N2O4/c1-11(22)20-16(19(24)25)10-17(23)21-15-8-4-6-13-9-12-5-2-3-7-14(12)18(13)15/h2-8,16H,9-10H2,1H3,(H,20,22)(H,21,23)(H,24,25)/t16-/m1/s1. The van der Waals surface area contributed by atoms with E-state index in [9.17, 15) is 14.4 Å². The Kier molecular flexibility index (Phi) is 4.52. The zero-order valence-electron chi connectivity index (χ0n) is 13.7. The molecular formula is C19H18N2O4. The minimum atomic E-state index is -1.25. The molecule has 2 amide bonds. The van der Waals surface area contributed by atoms with Crippen molar-refractivity contribution in [3.8, 4) is 11.1 Å². The predicted octanol–water partition coefficient (Wildman–Crippen LogP) is 2.18. The summed E-state index contributed by atoms with van der Waals surface area (Å²) in [5.41, 5.74) is 5.01. The molecule has 0 heterocycles. The van der Waals surface area contributed by atoms with Crippen LogP contribution < -0.4 is 10.6 Å². The van der Waals surface area contributed by atoms with Gasteiger partial charge in [0, 0.05) is 18.2 Å². The number of carboxylic acid groups (broad SMARTS) is 1. The van der Waals surface area contributed by atoms with E-state index in [0.717, 1.165) is 23.1 Å². The largest absolute Gasteiger partial charge is 0.480 e. The van der Waals surface area contributed by atoms with Crippen LogP contribution in [0.4, 0.5) is 5.69 Å². The van der Waals surface area contributed by atoms with Gasteiger partial charge in [0.05, 0.1) is 6.42 Å². The van der Waals surface area contributed by atoms with Gasteiger partial charge in [-0.05, 0) is 29.2 Å². The van der Waals surface area contributed by atoms with Gasteiger partial charge in [0.25, 0.3) is 0 Å². The molecule has 0 aromatic heterocycles. The Morgan fingerprint density at radius 3 is 2.52 bits per heavy atom. The molecule has 0 unspecified atom stereocenters. The second-order valence-electron chi connectivity index (χ2n) is 6.02. The fourth-order valence-corrected chi connectivity index (χ4v) is 3.13. The number of benzene rings is 2. The number of anilines is 1. The summed E-state index contributed by atoms with van der Waals surface area (Å²) in [6.45, 7) is 1.22. The third-order valence-electron chi connectivity index (χ3n) is 4.16. The molecule has 128 valence electrons. The minimum absolute atomic E-state index is 0.333. The molecule has 0 radical (unpaired) electrons. The Morgan fingerprint density at radius 1 is 1.08 bits per heavy atom. The van der Waals surface area contributed by atoms with Gasteiger partial charge in [0.1, 0.15) is 6.04 Å². The van der Waals surface area contributed by atoms with E-state index in [1.165, 1.54) is 12.5 Å². The van der Waals surface area contributed by atoms with Gasteiger partial charge in [0.15, 0.2) is 0 Å². The van der Waals surface area contributed by atoms with Crippen LogP contribution in [-0.4, -0.2) is 28.9 Å². The van der Waals surface area contributed by atoms with Crippen LogP contribution in [0.1, 0.15) is 24.5 Å². The van der Waals surface area contributed by atoms with E-state index in [2.05, 4.69) is 16.7 Å². The summed E-state index contributed by atoms with van der Waals surface area (Å²) in [5.74, 6) is -2.19. The molecule has 0 saturated heterocycles. The number of nitrogens with one attached hydrogen (secondary N) is 2. The Balaban J connectivity index is 1.81. The number of rotatable bonds is 5. The normalized spacial score (nSPS) is 12.7. The Labute approximate surface area is 144 Å². The second-order valence-corrected chi connectivity index (χ2v) is 6.02. The van der Waals surface area contributed by atoms with Crippen LogP contribution in [0.5, 0.6) is 0 Å². The lowest BCUT2D eigenvalue weighted by Gasteiger charge is -2.15. The number of carbonyl (C=O) groups excluding carboxylic acids is 2. The molecule has 3 rings (SSSR count). The van der Waals surface area contributed by atoms with Crippen LogP contribution in [0.25, 0.3) is 11.1 Å². The van der Waals surface area contributed by atoms with Crippen LogP contribution in [0.2, 0.25) is 0 Å². The van der Waals surface area contributed by atoms with Crippen molar-refractivity contribution < 1.29 is 19.5 Å². The van der Waals surface area contributed by atoms with Crippen LogP contribution in [-0.2, 0) is 20.8 Å². The summed E-state index contributed by atoms with van der Waals surface area (Å²) in [5, 5.41) is 14.2. The molecule has 0 aliphatic heterocycles. The minimum Gasteiger partial charge on any atom is -0.480 e. The quantitative estimate of drug-likeness (QED) is 0.664. The molecule has 0 fully saturated rings. The van der Waals surface area contributed by atoms with Crippen molar-refractivity contribution in [2.45, 2.75) is 25.8 Å². The van der Waals surface area contributed by atoms with E-state index in [1.807, 2.05) is 30.3 Å². The molecule has 3 N–H and O–H groups in total. The topological polar surface area (TPSA) is 95.5 Å². The molecule has 2 aromatic carbocycles. The monoisotopic (exact) mass is 338 g/mol. The van der Waals surface area contributed by atoms with Gasteiger partial charge < -0.3 is 15.7 Å². The van der Waals surface area contributed by atoms with Gasteiger partial charge in [-0.25, -0.2) is 4.79 Å². The third-order valence-corrected chi connectivity index (χ3v) is 4.16. The van der Waals surface area contributed by atoms with Crippen molar-refractivity contribution in [2.24, 2.45) is 0 Å². The highest BCUT2D eigenvalue weighted by Crippen LogP contribution is 2.41. The van der Waals surface area contributed by atoms with Gasteiger partial charge in [-0.3, -0.25) is 9.59 Å². The fraction of sp³-hybridized carbons (Fsp3) is 0.211. The molecule has 1 aliphatic carbocycles. The van der Waals surface area contributed by atoms with Crippen molar-refractivity contribution in [1.82, 2.24) is 5.32 Å². The van der Waals surface area contributed by atoms with Crippen LogP contribution in [0.15, 0.2) is 42.5 Å². The molecule has 0 spiro atoms. The lowest BCUT2D eigenvalue weighted by atomic mass is 10.0. The highest BCUT2D eigenvalue weighted by Gasteiger charge is 2.25. The van der Waals surface area contributed by atoms with E-state index in [-0.39, 0.29) is 6.42 Å². The first kappa shape index (κ1) is 16.7. The molecule has 1 atom stereocenters. The van der Waals surface area contributed by atoms with E-state index < -0.39 is 23.8 Å². The van der Waals surface area contributed by atoms with Gasteiger partial charge >= 0.3 is 5.97 Å². The number of hydrogen-bond acceptors (Lipinski definition) is 3. The summed E-state index contributed by atoms with van der Waals surface area (Å²) in [6.07, 6.45) is 0.471. The first-order chi connectivity index (χ1) is 12.0. The average molecular weight is 338 g/mol. The van der Waals surface area contributed by atoms with Crippen molar-refractivity contribution in [2.75, 3.05) is 5.32 Å². The number of amides is 2. The van der Waals surface area contributed by atoms with Gasteiger partial charge in [-0.15, -0.1) is 0 Å². The number of carboxylic acids is 1. The molecular weight excluding hydrogens is 320 g/mol. The second kappa shape index (κ2) is 6.76. The fourth-order valence-electron chi connectivity index (χ4n) is 3.13. The van der Waals surface area contributed by atoms with E-state index >= 15 is 0 Å². The zero-order chi connectivity index (χ0) is 18.0. The van der Waals surface area contributed by atoms with E-state index in [4.69, 9.17) is 5.11 Å². The van der Waals surface area contributed by atoms with Gasteiger partial charge in [-0.1, -0.05) is 36.4 Å². The summed E-state index contributed by atoms with van der Waals surface area (Å²) < 4.78 is 0. The molecule has 2 aromatic rings. The summed E-state index contributed by atoms with van der Waals surface area (Å²) in [4.78, 5) is 34.6. The molecule has 0 bridgehead atoms. The highest BCUT2D eigenvalue weighted by atomic mass is 16.4. The highest BCUT2D eigenvalue weighted by molar-refractivity contribution is 6.00. The van der Waals surface area contributed by atoms with Crippen molar-refractivity contribution in [3.05, 3.63) is 53.6 Å². The Hall–Kier alpha value is -3.15. The lowest BCUT2D eigenvalue weighted by molar-refractivity contribution is -0.142. The summed E-state index contributed by atoms with van der Waals surface area (Å²) in [7, 11) is 0. The molecule has 0 saturated carbocycles. The molecule has 6 heteroatoms.